The zero-order valence-corrected chi connectivity index (χ0v) is 13.1. The molecule has 1 N–H and O–H groups in total. The number of aliphatic hydroxyl groups is 1. The van der Waals surface area contributed by atoms with Gasteiger partial charge in [-0.3, -0.25) is 4.90 Å². The Kier molecular flexibility index (Phi) is 3.24. The molecule has 0 radical (unpaired) electrons. The molecular weight excluding hydrogens is 314 g/mol. The molecule has 0 aromatic heterocycles. The molecule has 4 aliphatic rings. The monoisotopic (exact) mass is 333 g/mol. The Bertz CT molecular complexity index is 538. The van der Waals surface area contributed by atoms with Crippen molar-refractivity contribution in [2.45, 2.75) is 31.3 Å². The van der Waals surface area contributed by atoms with Gasteiger partial charge in [0.15, 0.2) is 0 Å². The van der Waals surface area contributed by atoms with Crippen LogP contribution in [0.2, 0.25) is 0 Å². The third-order valence-electron chi connectivity index (χ3n) is 5.50. The average Bonchev–Trinajstić information content (AvgIpc) is 2.78. The molecule has 0 amide bonds. The van der Waals surface area contributed by atoms with Gasteiger partial charge in [0.05, 0.1) is 0 Å². The Morgan fingerprint density at radius 3 is 2.80 bits per heavy atom. The largest absolute Gasteiger partial charge is 0.396 e. The minimum atomic E-state index is 0.343. The fraction of sp³-hybridized carbons (Fsp3) is 0.529. The van der Waals surface area contributed by atoms with Crippen LogP contribution in [-0.2, 0) is 0 Å². The van der Waals surface area contributed by atoms with E-state index in [-0.39, 0.29) is 0 Å². The second-order valence-electron chi connectivity index (χ2n) is 6.43. The summed E-state index contributed by atoms with van der Waals surface area (Å²) in [6.07, 6.45) is 6.23. The van der Waals surface area contributed by atoms with Gasteiger partial charge in [0.2, 0.25) is 0 Å². The quantitative estimate of drug-likeness (QED) is 0.897. The van der Waals surface area contributed by atoms with Crippen molar-refractivity contribution in [1.82, 2.24) is 4.90 Å². The lowest BCUT2D eigenvalue weighted by molar-refractivity contribution is -0.000634. The maximum Gasteiger partial charge on any atom is 0.0480 e. The molecule has 4 heterocycles. The molecule has 4 fully saturated rings. The molecule has 1 aromatic rings. The Morgan fingerprint density at radius 1 is 1.25 bits per heavy atom. The number of halogens is 1. The standard InChI is InChI=1S/C17H20BrNO/c18-13-3-1-11(2-4-13)7-12-9-19-14-5-6-17(19)16(10-20)15(12)8-14/h1-4,7,14-17,20H,5-6,8-10H2/b12-7+/t14-,15+,16-,17+/m0/s1. The molecule has 4 bridgehead atoms. The number of hydrogen-bond acceptors (Lipinski definition) is 2. The van der Waals surface area contributed by atoms with E-state index in [1.165, 1.54) is 30.4 Å². The average molecular weight is 334 g/mol. The van der Waals surface area contributed by atoms with Gasteiger partial charge in [-0.1, -0.05) is 39.7 Å². The van der Waals surface area contributed by atoms with Crippen LogP contribution in [0.15, 0.2) is 34.3 Å². The molecule has 5 rings (SSSR count). The van der Waals surface area contributed by atoms with Crippen molar-refractivity contribution in [1.29, 1.82) is 0 Å². The summed E-state index contributed by atoms with van der Waals surface area (Å²) in [5.41, 5.74) is 2.81. The summed E-state index contributed by atoms with van der Waals surface area (Å²) in [6, 6.07) is 9.96. The maximum absolute atomic E-state index is 9.79. The third kappa shape index (κ3) is 1.99. The van der Waals surface area contributed by atoms with Crippen molar-refractivity contribution >= 4 is 22.0 Å². The van der Waals surface area contributed by atoms with Gasteiger partial charge >= 0.3 is 0 Å². The SMILES string of the molecule is OC[C@H]1[C@@H]2C[C@@H]3CC[C@H]1N3C/C2=C\c1ccc(Br)cc1. The number of rotatable bonds is 2. The van der Waals surface area contributed by atoms with E-state index in [1.54, 1.807) is 0 Å². The van der Waals surface area contributed by atoms with Crippen LogP contribution in [0.5, 0.6) is 0 Å². The van der Waals surface area contributed by atoms with Gasteiger partial charge in [0, 0.05) is 35.6 Å². The summed E-state index contributed by atoms with van der Waals surface area (Å²) in [5.74, 6) is 1.07. The van der Waals surface area contributed by atoms with Crippen LogP contribution in [0.3, 0.4) is 0 Å². The van der Waals surface area contributed by atoms with Gasteiger partial charge in [-0.05, 0) is 42.9 Å². The normalized spacial score (nSPS) is 40.5. The maximum atomic E-state index is 9.79. The molecule has 3 heteroatoms. The first-order chi connectivity index (χ1) is 9.76. The van der Waals surface area contributed by atoms with Crippen molar-refractivity contribution in [3.8, 4) is 0 Å². The number of benzene rings is 1. The van der Waals surface area contributed by atoms with Gasteiger partial charge < -0.3 is 5.11 Å². The Hall–Kier alpha value is -0.640. The number of nitrogens with zero attached hydrogens (tertiary/aromatic N) is 1. The van der Waals surface area contributed by atoms with E-state index in [4.69, 9.17) is 0 Å². The molecule has 2 nitrogen and oxygen atoms in total. The molecule has 5 atom stereocenters. The van der Waals surface area contributed by atoms with Crippen LogP contribution in [0.1, 0.15) is 24.8 Å². The zero-order valence-electron chi connectivity index (χ0n) is 11.5. The molecule has 1 unspecified atom stereocenters. The summed E-state index contributed by atoms with van der Waals surface area (Å²) in [5, 5.41) is 9.79. The van der Waals surface area contributed by atoms with Crippen LogP contribution in [-0.4, -0.2) is 35.2 Å². The first kappa shape index (κ1) is 13.1. The molecule has 0 saturated carbocycles. The van der Waals surface area contributed by atoms with Gasteiger partial charge in [0.25, 0.3) is 0 Å². The fourth-order valence-electron chi connectivity index (χ4n) is 4.59. The van der Waals surface area contributed by atoms with Crippen molar-refractivity contribution < 1.29 is 5.11 Å². The van der Waals surface area contributed by atoms with Crippen molar-refractivity contribution in [2.24, 2.45) is 11.8 Å². The van der Waals surface area contributed by atoms with Gasteiger partial charge in [0.1, 0.15) is 0 Å². The van der Waals surface area contributed by atoms with E-state index < -0.39 is 0 Å². The first-order valence-electron chi connectivity index (χ1n) is 7.59. The summed E-state index contributed by atoms with van der Waals surface area (Å²) in [7, 11) is 0. The van der Waals surface area contributed by atoms with Gasteiger partial charge in [-0.15, -0.1) is 0 Å². The van der Waals surface area contributed by atoms with Crippen LogP contribution >= 0.6 is 15.9 Å². The number of hydrogen-bond donors (Lipinski definition) is 1. The van der Waals surface area contributed by atoms with E-state index in [0.717, 1.165) is 17.1 Å². The zero-order chi connectivity index (χ0) is 13.7. The smallest absolute Gasteiger partial charge is 0.0480 e. The predicted molar refractivity (Wildman–Crippen MR) is 84.3 cm³/mol. The number of piperidine rings is 3. The van der Waals surface area contributed by atoms with E-state index in [1.807, 2.05) is 0 Å². The minimum Gasteiger partial charge on any atom is -0.396 e. The molecule has 1 aromatic carbocycles. The van der Waals surface area contributed by atoms with E-state index >= 15 is 0 Å². The van der Waals surface area contributed by atoms with Crippen LogP contribution in [0.25, 0.3) is 6.08 Å². The molecule has 0 aliphatic carbocycles. The van der Waals surface area contributed by atoms with E-state index in [9.17, 15) is 5.11 Å². The molecular formula is C17H20BrNO. The Labute approximate surface area is 128 Å². The van der Waals surface area contributed by atoms with Crippen molar-refractivity contribution in [2.75, 3.05) is 13.2 Å². The Morgan fingerprint density at radius 2 is 2.05 bits per heavy atom. The summed E-state index contributed by atoms with van der Waals surface area (Å²) >= 11 is 3.49. The first-order valence-corrected chi connectivity index (χ1v) is 8.38. The van der Waals surface area contributed by atoms with Crippen molar-refractivity contribution in [3.05, 3.63) is 39.9 Å². The van der Waals surface area contributed by atoms with Gasteiger partial charge in [-0.25, -0.2) is 0 Å². The second kappa shape index (κ2) is 4.97. The third-order valence-corrected chi connectivity index (χ3v) is 6.03. The second-order valence-corrected chi connectivity index (χ2v) is 7.35. The van der Waals surface area contributed by atoms with Crippen LogP contribution in [0.4, 0.5) is 0 Å². The predicted octanol–water partition coefficient (Wildman–Crippen LogP) is 3.31. The fourth-order valence-corrected chi connectivity index (χ4v) is 4.85. The molecule has 0 spiro atoms. The topological polar surface area (TPSA) is 23.5 Å². The van der Waals surface area contributed by atoms with Crippen LogP contribution < -0.4 is 0 Å². The molecule has 4 saturated heterocycles. The molecule has 106 valence electrons. The van der Waals surface area contributed by atoms with E-state index in [0.29, 0.717) is 24.5 Å². The summed E-state index contributed by atoms with van der Waals surface area (Å²) in [6.45, 7) is 1.46. The molecule has 20 heavy (non-hydrogen) atoms. The van der Waals surface area contributed by atoms with Crippen molar-refractivity contribution in [3.63, 3.8) is 0 Å². The highest BCUT2D eigenvalue weighted by molar-refractivity contribution is 9.10. The highest BCUT2D eigenvalue weighted by Crippen LogP contribution is 2.50. The minimum absolute atomic E-state index is 0.343. The Balaban J connectivity index is 1.65. The summed E-state index contributed by atoms with van der Waals surface area (Å²) < 4.78 is 1.12. The van der Waals surface area contributed by atoms with E-state index in [2.05, 4.69) is 51.2 Å². The summed E-state index contributed by atoms with van der Waals surface area (Å²) in [4.78, 5) is 2.66. The number of aliphatic hydroxyl groups excluding tert-OH is 1. The highest BCUT2D eigenvalue weighted by Gasteiger charge is 2.51. The van der Waals surface area contributed by atoms with Crippen LogP contribution in [0, 0.1) is 11.8 Å². The lowest BCUT2D eigenvalue weighted by Crippen LogP contribution is -2.56. The van der Waals surface area contributed by atoms with Gasteiger partial charge in [-0.2, -0.15) is 0 Å². The molecule has 4 aliphatic heterocycles. The lowest BCUT2D eigenvalue weighted by Gasteiger charge is -2.51. The number of fused-ring (bicyclic) bond motifs is 1. The highest BCUT2D eigenvalue weighted by atomic mass is 79.9. The lowest BCUT2D eigenvalue weighted by atomic mass is 9.71.